The molecule has 2 aromatic carbocycles. The molecule has 0 radical (unpaired) electrons. The number of hydrogen-bond donors (Lipinski definition) is 0. The summed E-state index contributed by atoms with van der Waals surface area (Å²) in [5.41, 5.74) is 2.76. The van der Waals surface area contributed by atoms with Crippen LogP contribution in [0.4, 0.5) is 5.69 Å². The van der Waals surface area contributed by atoms with Gasteiger partial charge in [0.2, 0.25) is 0 Å². The second kappa shape index (κ2) is 13.3. The van der Waals surface area contributed by atoms with Gasteiger partial charge in [-0.3, -0.25) is 0 Å². The summed E-state index contributed by atoms with van der Waals surface area (Å²) >= 11 is 0. The Morgan fingerprint density at radius 3 is 1.96 bits per heavy atom. The second-order valence-corrected chi connectivity index (χ2v) is 4.26. The van der Waals surface area contributed by atoms with Gasteiger partial charge in [-0.2, -0.15) is 5.26 Å². The maximum Gasteiger partial charge on any atom is 3.00 e. The molecule has 0 unspecified atom stereocenters. The average molecular weight is 503 g/mol. The Hall–Kier alpha value is -2.15. The third kappa shape index (κ3) is 7.92. The van der Waals surface area contributed by atoms with E-state index in [4.69, 9.17) is 14.7 Å². The van der Waals surface area contributed by atoms with E-state index in [1.807, 2.05) is 49.4 Å². The molecular formula is C19H22IrN2O2+. The van der Waals surface area contributed by atoms with E-state index < -0.39 is 0 Å². The van der Waals surface area contributed by atoms with Crippen molar-refractivity contribution < 1.29 is 29.6 Å². The second-order valence-electron chi connectivity index (χ2n) is 4.26. The first-order valence-electron chi connectivity index (χ1n) is 6.70. The molecule has 128 valence electrons. The van der Waals surface area contributed by atoms with Crippen LogP contribution in [-0.4, -0.2) is 19.9 Å². The molecule has 0 atom stereocenters. The number of aliphatic imine (C=N–C) groups is 1. The topological polar surface area (TPSA) is 54.6 Å². The summed E-state index contributed by atoms with van der Waals surface area (Å²) in [7, 11) is 3.29. The van der Waals surface area contributed by atoms with E-state index in [-0.39, 0.29) is 27.5 Å². The molecule has 4 nitrogen and oxygen atoms in total. The van der Waals surface area contributed by atoms with Crippen molar-refractivity contribution in [1.29, 1.82) is 5.26 Å². The summed E-state index contributed by atoms with van der Waals surface area (Å²) in [4.78, 5) is 4.55. The van der Waals surface area contributed by atoms with Crippen LogP contribution in [0.1, 0.15) is 19.4 Å². The van der Waals surface area contributed by atoms with Crippen molar-refractivity contribution in [3.63, 3.8) is 0 Å². The largest absolute Gasteiger partial charge is 3.00 e. The molecular weight excluding hydrogens is 480 g/mol. The summed E-state index contributed by atoms with van der Waals surface area (Å²) in [5.74, 6) is 1.62. The van der Waals surface area contributed by atoms with Crippen molar-refractivity contribution in [2.45, 2.75) is 13.8 Å². The van der Waals surface area contributed by atoms with Gasteiger partial charge in [-0.05, 0) is 30.0 Å². The number of benzene rings is 2. The summed E-state index contributed by atoms with van der Waals surface area (Å²) in [6, 6.07) is 18.2. The zero-order valence-corrected chi connectivity index (χ0v) is 17.0. The molecule has 0 fully saturated rings. The van der Waals surface area contributed by atoms with Gasteiger partial charge in [0.1, 0.15) is 5.75 Å². The zero-order chi connectivity index (χ0) is 16.4. The number of hydrogen-bond acceptors (Lipinski definition) is 4. The van der Waals surface area contributed by atoms with Crippen LogP contribution in [0.5, 0.6) is 11.5 Å². The Balaban J connectivity index is 0. The van der Waals surface area contributed by atoms with Crippen LogP contribution in [0, 0.1) is 24.8 Å². The van der Waals surface area contributed by atoms with Gasteiger partial charge in [-0.15, -0.1) is 29.8 Å². The third-order valence-corrected chi connectivity index (χ3v) is 2.78. The molecule has 0 aromatic heterocycles. The first-order chi connectivity index (χ1) is 10.6. The summed E-state index contributed by atoms with van der Waals surface area (Å²) in [5, 5.41) is 7.32. The van der Waals surface area contributed by atoms with E-state index in [9.17, 15) is 0 Å². The molecule has 0 bridgehead atoms. The molecule has 0 saturated carbocycles. The number of nitrogens with zero attached hydrogens (tertiary/aromatic N) is 2. The molecule has 0 amide bonds. The fourth-order valence-electron chi connectivity index (χ4n) is 1.67. The van der Waals surface area contributed by atoms with Crippen molar-refractivity contribution in [3.05, 3.63) is 61.5 Å². The van der Waals surface area contributed by atoms with Gasteiger partial charge in [0.25, 0.3) is 0 Å². The van der Waals surface area contributed by atoms with E-state index in [0.717, 1.165) is 28.5 Å². The van der Waals surface area contributed by atoms with E-state index in [2.05, 4.69) is 11.1 Å². The van der Waals surface area contributed by atoms with Crippen molar-refractivity contribution >= 4 is 11.4 Å². The zero-order valence-electron chi connectivity index (χ0n) is 14.6. The standard InChI is InChI=1S/C16H16NO2.C2H3N.CH3.Ir/c1-12(13-4-8-15(18-2)9-5-13)17-14-6-10-16(19-3)11-7-14;1-2-3;;/h4,6-11H,1-3H3;1H3;1H3;/q-1;;-1;+3. The monoisotopic (exact) mass is 503 g/mol. The predicted octanol–water partition coefficient (Wildman–Crippen LogP) is 4.62. The van der Waals surface area contributed by atoms with E-state index in [0.29, 0.717) is 0 Å². The number of methoxy groups -OCH3 is 2. The van der Waals surface area contributed by atoms with Crippen LogP contribution in [0.3, 0.4) is 0 Å². The SMILES string of the molecule is CC#N.COc1c[c-]c(C(C)=Nc2ccc(OC)cc2)cc1.[CH3-].[Ir+3]. The molecule has 5 heteroatoms. The van der Waals surface area contributed by atoms with Crippen LogP contribution >= 0.6 is 0 Å². The smallest absolute Gasteiger partial charge is 0.540 e. The molecule has 0 aliphatic carbocycles. The number of ether oxygens (including phenoxy) is 2. The van der Waals surface area contributed by atoms with Crippen molar-refractivity contribution in [2.24, 2.45) is 4.99 Å². The Labute approximate surface area is 158 Å². The van der Waals surface area contributed by atoms with Crippen LogP contribution in [-0.2, 0) is 20.1 Å². The van der Waals surface area contributed by atoms with Crippen LogP contribution in [0.2, 0.25) is 0 Å². The molecule has 2 rings (SSSR count). The molecule has 0 spiro atoms. The van der Waals surface area contributed by atoms with Crippen molar-refractivity contribution in [3.8, 4) is 17.6 Å². The Bertz CT molecular complexity index is 645. The predicted molar refractivity (Wildman–Crippen MR) is 94.4 cm³/mol. The quantitative estimate of drug-likeness (QED) is 0.453. The minimum absolute atomic E-state index is 0. The molecule has 0 N–H and O–H groups in total. The molecule has 2 aromatic rings. The number of rotatable bonds is 4. The minimum Gasteiger partial charge on any atom is -0.540 e. The molecule has 0 aliphatic heterocycles. The van der Waals surface area contributed by atoms with E-state index in [1.54, 1.807) is 20.3 Å². The van der Waals surface area contributed by atoms with Crippen LogP contribution in [0.15, 0.2) is 47.5 Å². The van der Waals surface area contributed by atoms with Gasteiger partial charge in [-0.1, -0.05) is 6.92 Å². The van der Waals surface area contributed by atoms with Gasteiger partial charge in [0.15, 0.2) is 0 Å². The summed E-state index contributed by atoms with van der Waals surface area (Å²) in [6.45, 7) is 3.39. The van der Waals surface area contributed by atoms with Gasteiger partial charge in [0.05, 0.1) is 26.0 Å². The Kier molecular flexibility index (Phi) is 13.4. The van der Waals surface area contributed by atoms with Crippen molar-refractivity contribution in [2.75, 3.05) is 14.2 Å². The van der Waals surface area contributed by atoms with Gasteiger partial charge in [-0.25, -0.2) is 0 Å². The van der Waals surface area contributed by atoms with Crippen LogP contribution in [0.25, 0.3) is 0 Å². The summed E-state index contributed by atoms with van der Waals surface area (Å²) < 4.78 is 10.2. The van der Waals surface area contributed by atoms with Crippen LogP contribution < -0.4 is 9.47 Å². The maximum atomic E-state index is 7.32. The van der Waals surface area contributed by atoms with Gasteiger partial charge >= 0.3 is 20.1 Å². The summed E-state index contributed by atoms with van der Waals surface area (Å²) in [6.07, 6.45) is 0. The Morgan fingerprint density at radius 2 is 1.54 bits per heavy atom. The van der Waals surface area contributed by atoms with E-state index in [1.165, 1.54) is 6.92 Å². The molecule has 0 heterocycles. The number of nitriles is 1. The maximum absolute atomic E-state index is 7.32. The minimum atomic E-state index is 0. The average Bonchev–Trinajstić information content (AvgIpc) is 2.56. The fourth-order valence-corrected chi connectivity index (χ4v) is 1.67. The van der Waals surface area contributed by atoms with E-state index >= 15 is 0 Å². The normalized spacial score (nSPS) is 9.21. The first kappa shape index (κ1) is 24.1. The van der Waals surface area contributed by atoms with Gasteiger partial charge < -0.3 is 21.9 Å². The molecule has 0 aliphatic rings. The fraction of sp³-hybridized carbons (Fsp3) is 0.211. The Morgan fingerprint density at radius 1 is 1.04 bits per heavy atom. The van der Waals surface area contributed by atoms with Gasteiger partial charge in [0, 0.05) is 12.7 Å². The van der Waals surface area contributed by atoms with Crippen molar-refractivity contribution in [1.82, 2.24) is 0 Å². The molecule has 24 heavy (non-hydrogen) atoms. The molecule has 0 saturated heterocycles. The first-order valence-corrected chi connectivity index (χ1v) is 6.70. The third-order valence-electron chi connectivity index (χ3n) is 2.78.